The lowest BCUT2D eigenvalue weighted by atomic mass is 9.90. The molecule has 1 aliphatic rings. The highest BCUT2D eigenvalue weighted by molar-refractivity contribution is 9.10. The number of aromatic nitrogens is 3. The Bertz CT molecular complexity index is 1480. The standard InChI is InChI=1S/C29H26BrClFN5O2/c1-19(25-12-11-23(32)15-26(25)31)37-17-24(33-34-37)16-35-13-14-36(18-27(35)38)29(39)28(20-5-3-2-4-6-20)21-7-9-22(30)10-8-21/h2-12,15,17,19,28H,13-14,16,18H2,1H3/t19-,28?/m1/s1. The van der Waals surface area contributed by atoms with Gasteiger partial charge >= 0.3 is 0 Å². The molecule has 0 radical (unpaired) electrons. The number of amides is 2. The molecule has 2 amide bonds. The molecule has 200 valence electrons. The molecular weight excluding hydrogens is 585 g/mol. The van der Waals surface area contributed by atoms with E-state index in [4.69, 9.17) is 11.6 Å². The molecule has 3 aromatic carbocycles. The molecule has 7 nitrogen and oxygen atoms in total. The third kappa shape index (κ3) is 6.04. The molecule has 0 aliphatic carbocycles. The number of hydrogen-bond acceptors (Lipinski definition) is 4. The molecule has 5 rings (SSSR count). The van der Waals surface area contributed by atoms with E-state index >= 15 is 0 Å². The Morgan fingerprint density at radius 3 is 2.46 bits per heavy atom. The van der Waals surface area contributed by atoms with Crippen molar-refractivity contribution >= 4 is 39.3 Å². The van der Waals surface area contributed by atoms with Crippen LogP contribution in [0.25, 0.3) is 0 Å². The number of piperazine rings is 1. The zero-order valence-corrected chi connectivity index (χ0v) is 23.5. The first-order chi connectivity index (χ1) is 18.8. The third-order valence-corrected chi connectivity index (χ3v) is 7.79. The second-order valence-electron chi connectivity index (χ2n) is 9.50. The van der Waals surface area contributed by atoms with Gasteiger partial charge in [-0.2, -0.15) is 0 Å². The average Bonchev–Trinajstić information content (AvgIpc) is 3.40. The van der Waals surface area contributed by atoms with Gasteiger partial charge in [-0.3, -0.25) is 9.59 Å². The summed E-state index contributed by atoms with van der Waals surface area (Å²) in [6.45, 7) is 2.97. The molecule has 2 atom stereocenters. The first-order valence-corrected chi connectivity index (χ1v) is 13.7. The van der Waals surface area contributed by atoms with Crippen LogP contribution >= 0.6 is 27.5 Å². The van der Waals surface area contributed by atoms with E-state index in [0.29, 0.717) is 23.8 Å². The molecule has 2 heterocycles. The Labute approximate surface area is 239 Å². The first-order valence-electron chi connectivity index (χ1n) is 12.5. The highest BCUT2D eigenvalue weighted by Gasteiger charge is 2.33. The maximum absolute atomic E-state index is 13.7. The van der Waals surface area contributed by atoms with Crippen molar-refractivity contribution in [1.29, 1.82) is 0 Å². The van der Waals surface area contributed by atoms with Crippen molar-refractivity contribution in [3.63, 3.8) is 0 Å². The van der Waals surface area contributed by atoms with E-state index in [-0.39, 0.29) is 30.9 Å². The van der Waals surface area contributed by atoms with Crippen LogP contribution in [0.4, 0.5) is 4.39 Å². The van der Waals surface area contributed by atoms with Gasteiger partial charge in [0.1, 0.15) is 11.5 Å². The predicted molar refractivity (Wildman–Crippen MR) is 150 cm³/mol. The SMILES string of the molecule is C[C@H](c1ccc(F)cc1Cl)n1cc(CN2CCN(C(=O)C(c3ccccc3)c3ccc(Br)cc3)CC2=O)nn1. The second-order valence-corrected chi connectivity index (χ2v) is 10.8. The number of rotatable bonds is 7. The van der Waals surface area contributed by atoms with Crippen molar-refractivity contribution in [1.82, 2.24) is 24.8 Å². The highest BCUT2D eigenvalue weighted by atomic mass is 79.9. The van der Waals surface area contributed by atoms with Crippen LogP contribution in [0, 0.1) is 5.82 Å². The number of benzene rings is 3. The Hall–Kier alpha value is -3.56. The Balaban J connectivity index is 1.26. The van der Waals surface area contributed by atoms with Gasteiger partial charge in [-0.05, 0) is 47.9 Å². The Morgan fingerprint density at radius 2 is 1.77 bits per heavy atom. The highest BCUT2D eigenvalue weighted by Crippen LogP contribution is 2.29. The predicted octanol–water partition coefficient (Wildman–Crippen LogP) is 5.45. The minimum Gasteiger partial charge on any atom is -0.333 e. The van der Waals surface area contributed by atoms with Crippen LogP contribution < -0.4 is 0 Å². The molecule has 1 saturated heterocycles. The van der Waals surface area contributed by atoms with Gasteiger partial charge in [-0.1, -0.05) is 81.3 Å². The van der Waals surface area contributed by atoms with Crippen LogP contribution in [0.1, 0.15) is 41.3 Å². The van der Waals surface area contributed by atoms with Crippen LogP contribution in [0.2, 0.25) is 5.02 Å². The number of carbonyl (C=O) groups excluding carboxylic acids is 2. The van der Waals surface area contributed by atoms with E-state index in [2.05, 4.69) is 26.2 Å². The molecule has 0 N–H and O–H groups in total. The molecule has 39 heavy (non-hydrogen) atoms. The summed E-state index contributed by atoms with van der Waals surface area (Å²) in [6.07, 6.45) is 1.76. The molecule has 10 heteroatoms. The van der Waals surface area contributed by atoms with Gasteiger partial charge in [0.05, 0.1) is 31.2 Å². The Morgan fingerprint density at radius 1 is 1.05 bits per heavy atom. The minimum absolute atomic E-state index is 0.00553. The molecule has 0 saturated carbocycles. The quantitative estimate of drug-likeness (QED) is 0.279. The molecule has 4 aromatic rings. The van der Waals surface area contributed by atoms with Gasteiger partial charge in [0.25, 0.3) is 0 Å². The normalized spacial score (nSPS) is 15.3. The van der Waals surface area contributed by atoms with Crippen molar-refractivity contribution in [3.05, 3.63) is 117 Å². The van der Waals surface area contributed by atoms with Gasteiger partial charge in [0.2, 0.25) is 11.8 Å². The summed E-state index contributed by atoms with van der Waals surface area (Å²) in [6, 6.07) is 21.3. The van der Waals surface area contributed by atoms with E-state index in [1.165, 1.54) is 12.1 Å². The zero-order chi connectivity index (χ0) is 27.5. The monoisotopic (exact) mass is 609 g/mol. The minimum atomic E-state index is -0.502. The number of nitrogens with zero attached hydrogens (tertiary/aromatic N) is 5. The number of carbonyl (C=O) groups is 2. The molecule has 1 fully saturated rings. The van der Waals surface area contributed by atoms with Gasteiger partial charge < -0.3 is 9.80 Å². The fraction of sp³-hybridized carbons (Fsp3) is 0.241. The van der Waals surface area contributed by atoms with Crippen LogP contribution in [-0.2, 0) is 16.1 Å². The molecule has 1 aliphatic heterocycles. The third-order valence-electron chi connectivity index (χ3n) is 6.93. The second kappa shape index (κ2) is 11.7. The summed E-state index contributed by atoms with van der Waals surface area (Å²) in [5, 5.41) is 8.73. The summed E-state index contributed by atoms with van der Waals surface area (Å²) in [4.78, 5) is 30.2. The van der Waals surface area contributed by atoms with Crippen LogP contribution in [-0.4, -0.2) is 56.2 Å². The lowest BCUT2D eigenvalue weighted by Crippen LogP contribution is -2.53. The van der Waals surface area contributed by atoms with E-state index < -0.39 is 11.7 Å². The Kier molecular flexibility index (Phi) is 8.09. The van der Waals surface area contributed by atoms with Gasteiger partial charge in [0, 0.05) is 22.6 Å². The van der Waals surface area contributed by atoms with Crippen molar-refractivity contribution in [2.24, 2.45) is 0 Å². The summed E-state index contributed by atoms with van der Waals surface area (Å²) in [5.41, 5.74) is 3.09. The molecule has 1 aromatic heterocycles. The lowest BCUT2D eigenvalue weighted by Gasteiger charge is -2.36. The lowest BCUT2D eigenvalue weighted by molar-refractivity contribution is -0.146. The number of hydrogen-bond donors (Lipinski definition) is 0. The maximum atomic E-state index is 13.7. The van der Waals surface area contributed by atoms with Gasteiger partial charge in [-0.25, -0.2) is 9.07 Å². The maximum Gasteiger partial charge on any atom is 0.242 e. The summed E-state index contributed by atoms with van der Waals surface area (Å²) >= 11 is 9.67. The largest absolute Gasteiger partial charge is 0.333 e. The van der Waals surface area contributed by atoms with Crippen molar-refractivity contribution < 1.29 is 14.0 Å². The fourth-order valence-electron chi connectivity index (χ4n) is 4.78. The van der Waals surface area contributed by atoms with Gasteiger partial charge in [-0.15, -0.1) is 5.10 Å². The summed E-state index contributed by atoms with van der Waals surface area (Å²) < 4.78 is 16.0. The smallest absolute Gasteiger partial charge is 0.242 e. The fourth-order valence-corrected chi connectivity index (χ4v) is 5.37. The van der Waals surface area contributed by atoms with E-state index in [1.807, 2.05) is 61.5 Å². The molecule has 0 bridgehead atoms. The van der Waals surface area contributed by atoms with Gasteiger partial charge in [0.15, 0.2) is 0 Å². The van der Waals surface area contributed by atoms with Crippen molar-refractivity contribution in [2.75, 3.05) is 19.6 Å². The molecule has 0 spiro atoms. The van der Waals surface area contributed by atoms with Crippen LogP contribution in [0.3, 0.4) is 0 Å². The van der Waals surface area contributed by atoms with Crippen LogP contribution in [0.5, 0.6) is 0 Å². The van der Waals surface area contributed by atoms with E-state index in [0.717, 1.165) is 21.2 Å². The van der Waals surface area contributed by atoms with E-state index in [9.17, 15) is 14.0 Å². The topological polar surface area (TPSA) is 71.3 Å². The number of halogens is 3. The molecular formula is C29H26BrClFN5O2. The van der Waals surface area contributed by atoms with Crippen molar-refractivity contribution in [3.8, 4) is 0 Å². The summed E-state index contributed by atoms with van der Waals surface area (Å²) in [5.74, 6) is -1.16. The van der Waals surface area contributed by atoms with E-state index in [1.54, 1.807) is 26.7 Å². The van der Waals surface area contributed by atoms with Crippen LogP contribution in [0.15, 0.2) is 83.5 Å². The zero-order valence-electron chi connectivity index (χ0n) is 21.2. The van der Waals surface area contributed by atoms with Crippen molar-refractivity contribution in [2.45, 2.75) is 25.4 Å². The summed E-state index contributed by atoms with van der Waals surface area (Å²) in [7, 11) is 0. The average molecular weight is 611 g/mol. The molecule has 1 unspecified atom stereocenters. The first kappa shape index (κ1) is 27.0.